The summed E-state index contributed by atoms with van der Waals surface area (Å²) in [5.41, 5.74) is -0.864. The number of hydrogen-bond acceptors (Lipinski definition) is 5. The number of nitrogens with zero attached hydrogens (tertiary/aromatic N) is 1. The third-order valence-corrected chi connectivity index (χ3v) is 4.17. The molecule has 7 nitrogen and oxygen atoms in total. The van der Waals surface area contributed by atoms with E-state index in [1.807, 2.05) is 0 Å². The number of rotatable bonds is 8. The molecule has 2 rings (SSSR count). The lowest BCUT2D eigenvalue weighted by molar-refractivity contribution is -0.151. The first-order chi connectivity index (χ1) is 11.5. The molecular weight excluding hydrogens is 314 g/mol. The first kappa shape index (κ1) is 18.2. The highest BCUT2D eigenvalue weighted by molar-refractivity contribution is 5.98. The van der Waals surface area contributed by atoms with Crippen molar-refractivity contribution >= 4 is 11.9 Å². The van der Waals surface area contributed by atoms with Crippen LogP contribution in [-0.4, -0.2) is 68.0 Å². The van der Waals surface area contributed by atoms with Crippen molar-refractivity contribution in [1.82, 2.24) is 4.90 Å². The molecule has 1 N–H and O–H groups in total. The second kappa shape index (κ2) is 8.12. The second-order valence-corrected chi connectivity index (χ2v) is 5.70. The zero-order valence-electron chi connectivity index (χ0n) is 14.0. The van der Waals surface area contributed by atoms with Gasteiger partial charge in [-0.1, -0.05) is 0 Å². The fourth-order valence-electron chi connectivity index (χ4n) is 2.94. The third kappa shape index (κ3) is 3.68. The lowest BCUT2D eigenvalue weighted by Gasteiger charge is -2.34. The number of benzene rings is 1. The fraction of sp³-hybridized carbons (Fsp3) is 0.529. The molecule has 7 heteroatoms. The van der Waals surface area contributed by atoms with Crippen molar-refractivity contribution in [2.45, 2.75) is 18.4 Å². The van der Waals surface area contributed by atoms with E-state index in [1.54, 1.807) is 31.4 Å². The Balaban J connectivity index is 2.13. The van der Waals surface area contributed by atoms with Crippen LogP contribution >= 0.6 is 0 Å². The van der Waals surface area contributed by atoms with Crippen molar-refractivity contribution < 1.29 is 28.9 Å². The monoisotopic (exact) mass is 337 g/mol. The van der Waals surface area contributed by atoms with Gasteiger partial charge in [0.1, 0.15) is 12.4 Å². The molecule has 1 atom stereocenters. The van der Waals surface area contributed by atoms with Crippen LogP contribution in [0.3, 0.4) is 0 Å². The molecule has 1 aromatic carbocycles. The highest BCUT2D eigenvalue weighted by Crippen LogP contribution is 2.32. The molecule has 24 heavy (non-hydrogen) atoms. The molecule has 1 aromatic rings. The molecule has 1 aliphatic rings. The molecule has 0 radical (unpaired) electrons. The summed E-state index contributed by atoms with van der Waals surface area (Å²) in [6.07, 6.45) is 1.03. The summed E-state index contributed by atoms with van der Waals surface area (Å²) in [4.78, 5) is 25.9. The van der Waals surface area contributed by atoms with Gasteiger partial charge in [-0.25, -0.2) is 4.79 Å². The van der Waals surface area contributed by atoms with Gasteiger partial charge in [-0.3, -0.25) is 4.79 Å². The maximum atomic E-state index is 12.8. The number of carboxylic acids is 1. The summed E-state index contributed by atoms with van der Waals surface area (Å²) in [7, 11) is 3.04. The Labute approximate surface area is 141 Å². The number of carboxylic acid groups (broad SMARTS) is 1. The molecule has 0 aliphatic carbocycles. The minimum atomic E-state index is -1.29. The van der Waals surface area contributed by atoms with Crippen LogP contribution in [0.4, 0.5) is 0 Å². The van der Waals surface area contributed by atoms with E-state index in [-0.39, 0.29) is 12.5 Å². The normalized spacial score (nSPS) is 20.2. The molecule has 0 bridgehead atoms. The van der Waals surface area contributed by atoms with Crippen LogP contribution in [0, 0.1) is 0 Å². The zero-order chi connectivity index (χ0) is 17.6. The van der Waals surface area contributed by atoms with E-state index in [1.165, 1.54) is 12.0 Å². The molecule has 0 aromatic heterocycles. The van der Waals surface area contributed by atoms with E-state index in [0.717, 1.165) is 0 Å². The van der Waals surface area contributed by atoms with E-state index >= 15 is 0 Å². The van der Waals surface area contributed by atoms with Crippen LogP contribution < -0.4 is 4.74 Å². The van der Waals surface area contributed by atoms with E-state index in [0.29, 0.717) is 43.9 Å². The highest BCUT2D eigenvalue weighted by atomic mass is 16.5. The number of amides is 1. The van der Waals surface area contributed by atoms with Crippen molar-refractivity contribution in [2.24, 2.45) is 0 Å². The lowest BCUT2D eigenvalue weighted by Crippen LogP contribution is -2.56. The standard InChI is InChI=1S/C17H23NO6/c1-22-10-11-24-14-6-4-13(5-7-14)15(19)18-9-3-8-17(18,12-23-2)16(20)21/h4-7H,3,8-12H2,1-2H3,(H,20,21). The molecule has 0 spiro atoms. The molecular formula is C17H23NO6. The largest absolute Gasteiger partial charge is 0.491 e. The smallest absolute Gasteiger partial charge is 0.332 e. The number of likely N-dealkylation sites (tertiary alicyclic amines) is 1. The van der Waals surface area contributed by atoms with Crippen LogP contribution in [0.1, 0.15) is 23.2 Å². The first-order valence-electron chi connectivity index (χ1n) is 7.81. The summed E-state index contributed by atoms with van der Waals surface area (Å²) in [5, 5.41) is 9.62. The molecule has 1 amide bonds. The number of ether oxygens (including phenoxy) is 3. The summed E-state index contributed by atoms with van der Waals surface area (Å²) in [6.45, 7) is 1.28. The van der Waals surface area contributed by atoms with Gasteiger partial charge in [0, 0.05) is 26.3 Å². The minimum absolute atomic E-state index is 0.0215. The van der Waals surface area contributed by atoms with Crippen molar-refractivity contribution in [3.63, 3.8) is 0 Å². The van der Waals surface area contributed by atoms with E-state index in [9.17, 15) is 14.7 Å². The van der Waals surface area contributed by atoms with E-state index in [4.69, 9.17) is 14.2 Å². The van der Waals surface area contributed by atoms with Crippen molar-refractivity contribution in [3.8, 4) is 5.75 Å². The van der Waals surface area contributed by atoms with Crippen LogP contribution in [0.25, 0.3) is 0 Å². The van der Waals surface area contributed by atoms with Crippen molar-refractivity contribution in [2.75, 3.05) is 40.6 Å². The SMILES string of the molecule is COCCOc1ccc(C(=O)N2CCCC2(COC)C(=O)O)cc1. The van der Waals surface area contributed by atoms with Gasteiger partial charge in [0.25, 0.3) is 5.91 Å². The average Bonchev–Trinajstić information content (AvgIpc) is 3.00. The molecule has 1 aliphatic heterocycles. The van der Waals surface area contributed by atoms with Crippen LogP contribution in [-0.2, 0) is 14.3 Å². The van der Waals surface area contributed by atoms with Gasteiger partial charge < -0.3 is 24.2 Å². The minimum Gasteiger partial charge on any atom is -0.491 e. The predicted octanol–water partition coefficient (Wildman–Crippen LogP) is 1.42. The Kier molecular flexibility index (Phi) is 6.16. The quantitative estimate of drug-likeness (QED) is 0.722. The van der Waals surface area contributed by atoms with Gasteiger partial charge in [0.05, 0.1) is 13.2 Å². The maximum Gasteiger partial charge on any atom is 0.332 e. The zero-order valence-corrected chi connectivity index (χ0v) is 14.0. The number of carbonyl (C=O) groups is 2. The third-order valence-electron chi connectivity index (χ3n) is 4.17. The Morgan fingerprint density at radius 1 is 1.17 bits per heavy atom. The number of carbonyl (C=O) groups excluding carboxylic acids is 1. The van der Waals surface area contributed by atoms with Gasteiger partial charge in [0.15, 0.2) is 5.54 Å². The Morgan fingerprint density at radius 2 is 1.88 bits per heavy atom. The summed E-state index contributed by atoms with van der Waals surface area (Å²) in [5.74, 6) is -0.712. The molecule has 132 valence electrons. The maximum absolute atomic E-state index is 12.8. The van der Waals surface area contributed by atoms with Gasteiger partial charge in [-0.2, -0.15) is 0 Å². The van der Waals surface area contributed by atoms with E-state index < -0.39 is 11.5 Å². The van der Waals surface area contributed by atoms with Gasteiger partial charge in [-0.05, 0) is 37.1 Å². The molecule has 1 saturated heterocycles. The predicted molar refractivity (Wildman–Crippen MR) is 86.3 cm³/mol. The Bertz CT molecular complexity index is 573. The molecule has 0 saturated carbocycles. The van der Waals surface area contributed by atoms with Gasteiger partial charge >= 0.3 is 5.97 Å². The summed E-state index contributed by atoms with van der Waals surface area (Å²) in [6, 6.07) is 6.67. The molecule has 1 heterocycles. The number of hydrogen-bond donors (Lipinski definition) is 1. The fourth-order valence-corrected chi connectivity index (χ4v) is 2.94. The van der Waals surface area contributed by atoms with Crippen LogP contribution in [0.2, 0.25) is 0 Å². The Morgan fingerprint density at radius 3 is 2.46 bits per heavy atom. The van der Waals surface area contributed by atoms with Gasteiger partial charge in [-0.15, -0.1) is 0 Å². The van der Waals surface area contributed by atoms with Crippen LogP contribution in [0.5, 0.6) is 5.75 Å². The number of methoxy groups -OCH3 is 2. The van der Waals surface area contributed by atoms with Crippen molar-refractivity contribution in [1.29, 1.82) is 0 Å². The van der Waals surface area contributed by atoms with Crippen molar-refractivity contribution in [3.05, 3.63) is 29.8 Å². The molecule has 1 unspecified atom stereocenters. The van der Waals surface area contributed by atoms with Crippen LogP contribution in [0.15, 0.2) is 24.3 Å². The second-order valence-electron chi connectivity index (χ2n) is 5.70. The summed E-state index contributed by atoms with van der Waals surface area (Å²) >= 11 is 0. The number of aliphatic carboxylic acids is 1. The molecule has 1 fully saturated rings. The topological polar surface area (TPSA) is 85.3 Å². The summed E-state index contributed by atoms with van der Waals surface area (Å²) < 4.78 is 15.4. The first-order valence-corrected chi connectivity index (χ1v) is 7.81. The highest BCUT2D eigenvalue weighted by Gasteiger charge is 2.50. The van der Waals surface area contributed by atoms with Gasteiger partial charge in [0.2, 0.25) is 0 Å². The van der Waals surface area contributed by atoms with E-state index in [2.05, 4.69) is 0 Å². The average molecular weight is 337 g/mol. The Hall–Kier alpha value is -2.12. The lowest BCUT2D eigenvalue weighted by atomic mass is 9.96.